The second-order valence-corrected chi connectivity index (χ2v) is 4.67. The van der Waals surface area contributed by atoms with Gasteiger partial charge in [0.25, 0.3) is 5.91 Å². The van der Waals surface area contributed by atoms with Crippen molar-refractivity contribution < 1.29 is 14.6 Å². The average molecular weight is 249 g/mol. The van der Waals surface area contributed by atoms with Crippen LogP contribution in [0.15, 0.2) is 24.3 Å². The lowest BCUT2D eigenvalue weighted by molar-refractivity contribution is -0.134. The van der Waals surface area contributed by atoms with Crippen molar-refractivity contribution >= 4 is 5.91 Å². The molecule has 0 radical (unpaired) electrons. The van der Waals surface area contributed by atoms with Gasteiger partial charge in [0.05, 0.1) is 12.6 Å². The minimum atomic E-state index is -0.0490. The lowest BCUT2D eigenvalue weighted by Crippen LogP contribution is -2.40. The van der Waals surface area contributed by atoms with Crippen LogP contribution in [0.3, 0.4) is 0 Å². The summed E-state index contributed by atoms with van der Waals surface area (Å²) in [6.45, 7) is 2.81. The van der Waals surface area contributed by atoms with Crippen molar-refractivity contribution in [3.05, 3.63) is 29.8 Å². The summed E-state index contributed by atoms with van der Waals surface area (Å²) in [5, 5.41) is 9.17. The van der Waals surface area contributed by atoms with E-state index in [9.17, 15) is 4.79 Å². The molecule has 0 aliphatic carbocycles. The molecule has 1 saturated heterocycles. The Bertz CT molecular complexity index is 402. The molecule has 1 heterocycles. The Morgan fingerprint density at radius 2 is 2.17 bits per heavy atom. The molecule has 1 amide bonds. The number of likely N-dealkylation sites (tertiary alicyclic amines) is 1. The van der Waals surface area contributed by atoms with Crippen LogP contribution >= 0.6 is 0 Å². The predicted molar refractivity (Wildman–Crippen MR) is 68.5 cm³/mol. The second-order valence-electron chi connectivity index (χ2n) is 4.67. The summed E-state index contributed by atoms with van der Waals surface area (Å²) in [6.07, 6.45) is 1.84. The van der Waals surface area contributed by atoms with Crippen LogP contribution in [0.25, 0.3) is 0 Å². The number of rotatable bonds is 4. The fraction of sp³-hybridized carbons (Fsp3) is 0.500. The summed E-state index contributed by atoms with van der Waals surface area (Å²) in [5.41, 5.74) is 1.16. The third-order valence-corrected chi connectivity index (χ3v) is 3.29. The molecule has 0 spiro atoms. The van der Waals surface area contributed by atoms with Crippen molar-refractivity contribution in [3.8, 4) is 5.75 Å². The van der Waals surface area contributed by atoms with Gasteiger partial charge in [0.2, 0.25) is 0 Å². The number of aliphatic hydroxyl groups excluding tert-OH is 1. The van der Waals surface area contributed by atoms with Crippen LogP contribution in [-0.2, 0) is 4.79 Å². The number of amides is 1. The Labute approximate surface area is 107 Å². The molecule has 1 aliphatic heterocycles. The Balaban J connectivity index is 1.86. The molecule has 1 aliphatic rings. The third kappa shape index (κ3) is 3.01. The van der Waals surface area contributed by atoms with Gasteiger partial charge in [-0.25, -0.2) is 0 Å². The van der Waals surface area contributed by atoms with Crippen molar-refractivity contribution in [2.45, 2.75) is 25.8 Å². The topological polar surface area (TPSA) is 49.8 Å². The van der Waals surface area contributed by atoms with E-state index in [1.165, 1.54) is 0 Å². The molecule has 1 aromatic rings. The molecule has 1 N–H and O–H groups in total. The predicted octanol–water partition coefficient (Wildman–Crippen LogP) is 1.36. The zero-order chi connectivity index (χ0) is 13.0. The van der Waals surface area contributed by atoms with Crippen LogP contribution in [0.1, 0.15) is 18.4 Å². The van der Waals surface area contributed by atoms with Crippen molar-refractivity contribution in [1.82, 2.24) is 4.90 Å². The molecule has 0 saturated carbocycles. The minimum absolute atomic E-state index is 0.0286. The number of nitrogens with zero attached hydrogens (tertiary/aromatic N) is 1. The van der Waals surface area contributed by atoms with Gasteiger partial charge < -0.3 is 14.7 Å². The van der Waals surface area contributed by atoms with Crippen molar-refractivity contribution in [1.29, 1.82) is 0 Å². The van der Waals surface area contributed by atoms with E-state index in [1.807, 2.05) is 31.2 Å². The Hall–Kier alpha value is -1.55. The van der Waals surface area contributed by atoms with Gasteiger partial charge in [-0.05, 0) is 31.9 Å². The minimum Gasteiger partial charge on any atom is -0.484 e. The maximum absolute atomic E-state index is 11.9. The molecular weight excluding hydrogens is 230 g/mol. The van der Waals surface area contributed by atoms with Gasteiger partial charge in [-0.1, -0.05) is 17.7 Å². The normalized spacial score (nSPS) is 19.0. The number of aliphatic hydroxyl groups is 1. The third-order valence-electron chi connectivity index (χ3n) is 3.29. The summed E-state index contributed by atoms with van der Waals surface area (Å²) < 4.78 is 5.46. The molecular formula is C14H19NO3. The van der Waals surface area contributed by atoms with E-state index < -0.39 is 0 Å². The molecule has 0 aromatic heterocycles. The molecule has 1 aromatic carbocycles. The van der Waals surface area contributed by atoms with Gasteiger partial charge in [-0.2, -0.15) is 0 Å². The standard InChI is InChI=1S/C14H19NO3/c1-11-4-6-13(7-5-11)18-10-14(17)15-8-2-3-12(15)9-16/h4-7,12,16H,2-3,8-10H2,1H3/t12-/m1/s1. The van der Waals surface area contributed by atoms with E-state index in [-0.39, 0.29) is 25.2 Å². The Kier molecular flexibility index (Phi) is 4.20. The number of ether oxygens (including phenoxy) is 1. The fourth-order valence-electron chi connectivity index (χ4n) is 2.22. The van der Waals surface area contributed by atoms with Crippen LogP contribution in [0, 0.1) is 6.92 Å². The highest BCUT2D eigenvalue weighted by atomic mass is 16.5. The number of benzene rings is 1. The van der Waals surface area contributed by atoms with E-state index in [0.29, 0.717) is 5.75 Å². The Morgan fingerprint density at radius 1 is 1.44 bits per heavy atom. The monoisotopic (exact) mass is 249 g/mol. The van der Waals surface area contributed by atoms with Crippen LogP contribution in [0.4, 0.5) is 0 Å². The second kappa shape index (κ2) is 5.87. The molecule has 1 atom stereocenters. The lowest BCUT2D eigenvalue weighted by Gasteiger charge is -2.22. The molecule has 4 heteroatoms. The van der Waals surface area contributed by atoms with Crippen LogP contribution in [0.5, 0.6) is 5.75 Å². The average Bonchev–Trinajstić information content (AvgIpc) is 2.86. The van der Waals surface area contributed by atoms with Gasteiger partial charge in [0.1, 0.15) is 5.75 Å². The van der Waals surface area contributed by atoms with Gasteiger partial charge in [0, 0.05) is 6.54 Å². The van der Waals surface area contributed by atoms with E-state index >= 15 is 0 Å². The molecule has 4 nitrogen and oxygen atoms in total. The van der Waals surface area contributed by atoms with Gasteiger partial charge in [0.15, 0.2) is 6.61 Å². The van der Waals surface area contributed by atoms with Crippen LogP contribution in [-0.4, -0.2) is 41.7 Å². The highest BCUT2D eigenvalue weighted by molar-refractivity contribution is 5.78. The first-order valence-corrected chi connectivity index (χ1v) is 6.30. The maximum atomic E-state index is 11.9. The highest BCUT2D eigenvalue weighted by Gasteiger charge is 2.27. The lowest BCUT2D eigenvalue weighted by atomic mass is 10.2. The quantitative estimate of drug-likeness (QED) is 0.876. The van der Waals surface area contributed by atoms with E-state index in [1.54, 1.807) is 4.90 Å². The van der Waals surface area contributed by atoms with E-state index in [2.05, 4.69) is 0 Å². The molecule has 98 valence electrons. The number of carbonyl (C=O) groups is 1. The van der Waals surface area contributed by atoms with Crippen molar-refractivity contribution in [2.24, 2.45) is 0 Å². The summed E-state index contributed by atoms with van der Waals surface area (Å²) >= 11 is 0. The number of carbonyl (C=O) groups excluding carboxylic acids is 1. The summed E-state index contributed by atoms with van der Waals surface area (Å²) in [7, 11) is 0. The van der Waals surface area contributed by atoms with Crippen molar-refractivity contribution in [3.63, 3.8) is 0 Å². The van der Waals surface area contributed by atoms with Gasteiger partial charge in [-0.3, -0.25) is 4.79 Å². The molecule has 0 unspecified atom stereocenters. The van der Waals surface area contributed by atoms with E-state index in [0.717, 1.165) is 24.9 Å². The zero-order valence-electron chi connectivity index (χ0n) is 10.6. The smallest absolute Gasteiger partial charge is 0.260 e. The molecule has 0 bridgehead atoms. The van der Waals surface area contributed by atoms with E-state index in [4.69, 9.17) is 9.84 Å². The molecule has 18 heavy (non-hydrogen) atoms. The number of hydrogen-bond acceptors (Lipinski definition) is 3. The number of aryl methyl sites for hydroxylation is 1. The first kappa shape index (κ1) is 12.9. The van der Waals surface area contributed by atoms with Crippen LogP contribution in [0.2, 0.25) is 0 Å². The molecule has 2 rings (SSSR count). The van der Waals surface area contributed by atoms with Crippen molar-refractivity contribution in [2.75, 3.05) is 19.8 Å². The largest absolute Gasteiger partial charge is 0.484 e. The maximum Gasteiger partial charge on any atom is 0.260 e. The SMILES string of the molecule is Cc1ccc(OCC(=O)N2CCC[C@@H]2CO)cc1. The Morgan fingerprint density at radius 3 is 2.83 bits per heavy atom. The van der Waals surface area contributed by atoms with Crippen LogP contribution < -0.4 is 4.74 Å². The zero-order valence-corrected chi connectivity index (χ0v) is 10.6. The summed E-state index contributed by atoms with van der Waals surface area (Å²) in [4.78, 5) is 13.7. The first-order valence-electron chi connectivity index (χ1n) is 6.30. The number of hydrogen-bond donors (Lipinski definition) is 1. The first-order chi connectivity index (χ1) is 8.70. The van der Waals surface area contributed by atoms with Gasteiger partial charge in [-0.15, -0.1) is 0 Å². The van der Waals surface area contributed by atoms with Gasteiger partial charge >= 0.3 is 0 Å². The summed E-state index contributed by atoms with van der Waals surface area (Å²) in [5.74, 6) is 0.654. The fourth-order valence-corrected chi connectivity index (χ4v) is 2.22. The summed E-state index contributed by atoms with van der Waals surface area (Å²) in [6, 6.07) is 7.59. The highest BCUT2D eigenvalue weighted by Crippen LogP contribution is 2.17. The molecule has 1 fully saturated rings.